The minimum Gasteiger partial charge on any atom is -0.368 e. The summed E-state index contributed by atoms with van der Waals surface area (Å²) in [6.07, 6.45) is 3.60. The Labute approximate surface area is 103 Å². The van der Waals surface area contributed by atoms with E-state index in [1.54, 1.807) is 12.1 Å². The van der Waals surface area contributed by atoms with Crippen molar-refractivity contribution in [3.8, 4) is 0 Å². The molecule has 0 heterocycles. The highest BCUT2D eigenvalue weighted by Gasteiger charge is 2.28. The Balaban J connectivity index is 2.22. The largest absolute Gasteiger partial charge is 0.368 e. The lowest BCUT2D eigenvalue weighted by atomic mass is 10.1. The van der Waals surface area contributed by atoms with Crippen LogP contribution in [-0.4, -0.2) is 19.6 Å². The van der Waals surface area contributed by atoms with Gasteiger partial charge in [0.25, 0.3) is 0 Å². The molecule has 1 aliphatic carbocycles. The third-order valence-electron chi connectivity index (χ3n) is 3.11. The summed E-state index contributed by atoms with van der Waals surface area (Å²) in [5.41, 5.74) is 2.06. The summed E-state index contributed by atoms with van der Waals surface area (Å²) >= 11 is 0. The molecule has 1 N–H and O–H groups in total. The van der Waals surface area contributed by atoms with Gasteiger partial charge in [0, 0.05) is 24.8 Å². The van der Waals surface area contributed by atoms with Crippen molar-refractivity contribution in [1.82, 2.24) is 5.32 Å². The van der Waals surface area contributed by atoms with Crippen LogP contribution in [0.5, 0.6) is 0 Å². The fraction of sp³-hybridized carbons (Fsp3) is 0.571. The second kappa shape index (κ2) is 5.50. The lowest BCUT2D eigenvalue weighted by Crippen LogP contribution is -2.26. The fourth-order valence-corrected chi connectivity index (χ4v) is 2.25. The van der Waals surface area contributed by atoms with E-state index in [-0.39, 0.29) is 5.82 Å². The maximum absolute atomic E-state index is 13.6. The molecular weight excluding hydrogens is 215 g/mol. The van der Waals surface area contributed by atoms with Crippen molar-refractivity contribution in [3.63, 3.8) is 0 Å². The standard InChI is InChI=1S/C14H21FN2/c1-3-6-17(13-4-5-13)14-8-11(10-16-2)7-12(15)9-14/h7-9,13,16H,3-6,10H2,1-2H3. The van der Waals surface area contributed by atoms with Crippen molar-refractivity contribution in [2.24, 2.45) is 0 Å². The van der Waals surface area contributed by atoms with E-state index in [1.165, 1.54) is 12.8 Å². The molecule has 1 saturated carbocycles. The average molecular weight is 236 g/mol. The SMILES string of the molecule is CCCN(c1cc(F)cc(CNC)c1)C1CC1. The van der Waals surface area contributed by atoms with Crippen molar-refractivity contribution < 1.29 is 4.39 Å². The van der Waals surface area contributed by atoms with Gasteiger partial charge in [-0.05, 0) is 50.1 Å². The van der Waals surface area contributed by atoms with Gasteiger partial charge in [-0.3, -0.25) is 0 Å². The van der Waals surface area contributed by atoms with Crippen LogP contribution in [0, 0.1) is 5.82 Å². The molecule has 0 amide bonds. The predicted molar refractivity (Wildman–Crippen MR) is 69.8 cm³/mol. The maximum Gasteiger partial charge on any atom is 0.125 e. The van der Waals surface area contributed by atoms with Crippen molar-refractivity contribution in [2.75, 3.05) is 18.5 Å². The molecule has 0 unspecified atom stereocenters. The fourth-order valence-electron chi connectivity index (χ4n) is 2.25. The smallest absolute Gasteiger partial charge is 0.125 e. The van der Waals surface area contributed by atoms with E-state index in [0.717, 1.165) is 30.8 Å². The van der Waals surface area contributed by atoms with Gasteiger partial charge in [-0.25, -0.2) is 4.39 Å². The molecule has 2 nitrogen and oxygen atoms in total. The zero-order chi connectivity index (χ0) is 12.3. The molecular formula is C14H21FN2. The van der Waals surface area contributed by atoms with Crippen LogP contribution in [0.3, 0.4) is 0 Å². The summed E-state index contributed by atoms with van der Waals surface area (Å²) < 4.78 is 13.6. The molecule has 0 radical (unpaired) electrons. The predicted octanol–water partition coefficient (Wildman–Crippen LogP) is 2.92. The van der Waals surface area contributed by atoms with Crippen molar-refractivity contribution in [2.45, 2.75) is 38.8 Å². The molecule has 0 aromatic heterocycles. The monoisotopic (exact) mass is 236 g/mol. The van der Waals surface area contributed by atoms with Gasteiger partial charge in [0.15, 0.2) is 0 Å². The van der Waals surface area contributed by atoms with Gasteiger partial charge < -0.3 is 10.2 Å². The Morgan fingerprint density at radius 3 is 2.71 bits per heavy atom. The van der Waals surface area contributed by atoms with E-state index >= 15 is 0 Å². The number of nitrogens with zero attached hydrogens (tertiary/aromatic N) is 1. The first kappa shape index (κ1) is 12.4. The molecule has 0 spiro atoms. The Hall–Kier alpha value is -1.09. The first-order valence-corrected chi connectivity index (χ1v) is 6.45. The van der Waals surface area contributed by atoms with Crippen LogP contribution in [0.1, 0.15) is 31.7 Å². The van der Waals surface area contributed by atoms with E-state index in [1.807, 2.05) is 7.05 Å². The van der Waals surface area contributed by atoms with Crippen LogP contribution < -0.4 is 10.2 Å². The molecule has 0 atom stereocenters. The lowest BCUT2D eigenvalue weighted by molar-refractivity contribution is 0.621. The van der Waals surface area contributed by atoms with Gasteiger partial charge in [0.05, 0.1) is 0 Å². The van der Waals surface area contributed by atoms with Crippen molar-refractivity contribution in [3.05, 3.63) is 29.6 Å². The average Bonchev–Trinajstić information content (AvgIpc) is 3.09. The first-order valence-electron chi connectivity index (χ1n) is 6.45. The number of halogens is 1. The second-order valence-electron chi connectivity index (χ2n) is 4.77. The van der Waals surface area contributed by atoms with E-state index in [4.69, 9.17) is 0 Å². The number of hydrogen-bond acceptors (Lipinski definition) is 2. The van der Waals surface area contributed by atoms with Crippen molar-refractivity contribution in [1.29, 1.82) is 0 Å². The number of rotatable bonds is 6. The van der Waals surface area contributed by atoms with Crippen LogP contribution in [0.4, 0.5) is 10.1 Å². The summed E-state index contributed by atoms with van der Waals surface area (Å²) in [6, 6.07) is 6.01. The Bertz CT molecular complexity index is 374. The summed E-state index contributed by atoms with van der Waals surface area (Å²) in [4.78, 5) is 2.35. The summed E-state index contributed by atoms with van der Waals surface area (Å²) in [6.45, 7) is 3.91. The van der Waals surface area contributed by atoms with Gasteiger partial charge in [-0.2, -0.15) is 0 Å². The number of benzene rings is 1. The minimum atomic E-state index is -0.130. The quantitative estimate of drug-likeness (QED) is 0.817. The van der Waals surface area contributed by atoms with Crippen LogP contribution in [0.2, 0.25) is 0 Å². The molecule has 3 heteroatoms. The summed E-state index contributed by atoms with van der Waals surface area (Å²) in [5.74, 6) is -0.130. The Morgan fingerprint density at radius 1 is 1.35 bits per heavy atom. The molecule has 94 valence electrons. The van der Waals surface area contributed by atoms with E-state index < -0.39 is 0 Å². The number of nitrogens with one attached hydrogen (secondary N) is 1. The highest BCUT2D eigenvalue weighted by molar-refractivity contribution is 5.51. The highest BCUT2D eigenvalue weighted by atomic mass is 19.1. The highest BCUT2D eigenvalue weighted by Crippen LogP contribution is 2.32. The van der Waals surface area contributed by atoms with E-state index in [2.05, 4.69) is 23.2 Å². The summed E-state index contributed by atoms with van der Waals surface area (Å²) in [5, 5.41) is 3.07. The second-order valence-corrected chi connectivity index (χ2v) is 4.77. The van der Waals surface area contributed by atoms with Gasteiger partial charge >= 0.3 is 0 Å². The summed E-state index contributed by atoms with van der Waals surface area (Å²) in [7, 11) is 1.88. The van der Waals surface area contributed by atoms with Crippen LogP contribution in [0.25, 0.3) is 0 Å². The molecule has 1 aromatic rings. The molecule has 0 bridgehead atoms. The van der Waals surface area contributed by atoms with E-state index in [0.29, 0.717) is 6.04 Å². The Morgan fingerprint density at radius 2 is 2.12 bits per heavy atom. The Kier molecular flexibility index (Phi) is 4.00. The first-order chi connectivity index (χ1) is 8.24. The van der Waals surface area contributed by atoms with Gasteiger partial charge in [0.1, 0.15) is 5.82 Å². The van der Waals surface area contributed by atoms with E-state index in [9.17, 15) is 4.39 Å². The normalized spacial score (nSPS) is 15.0. The molecule has 1 aliphatic rings. The van der Waals surface area contributed by atoms with Gasteiger partial charge in [-0.15, -0.1) is 0 Å². The molecule has 17 heavy (non-hydrogen) atoms. The zero-order valence-corrected chi connectivity index (χ0v) is 10.7. The van der Waals surface area contributed by atoms with Gasteiger partial charge in [0.2, 0.25) is 0 Å². The van der Waals surface area contributed by atoms with Crippen LogP contribution in [-0.2, 0) is 6.54 Å². The zero-order valence-electron chi connectivity index (χ0n) is 10.7. The van der Waals surface area contributed by atoms with Crippen LogP contribution >= 0.6 is 0 Å². The third kappa shape index (κ3) is 3.19. The molecule has 2 rings (SSSR count). The lowest BCUT2D eigenvalue weighted by Gasteiger charge is -2.24. The van der Waals surface area contributed by atoms with Crippen LogP contribution in [0.15, 0.2) is 18.2 Å². The number of anilines is 1. The van der Waals surface area contributed by atoms with Crippen molar-refractivity contribution >= 4 is 5.69 Å². The number of hydrogen-bond donors (Lipinski definition) is 1. The molecule has 0 aliphatic heterocycles. The topological polar surface area (TPSA) is 15.3 Å². The van der Waals surface area contributed by atoms with Gasteiger partial charge in [-0.1, -0.05) is 6.92 Å². The maximum atomic E-state index is 13.6. The molecule has 1 fully saturated rings. The molecule has 1 aromatic carbocycles. The molecule has 0 saturated heterocycles. The third-order valence-corrected chi connectivity index (χ3v) is 3.11. The minimum absolute atomic E-state index is 0.130.